The summed E-state index contributed by atoms with van der Waals surface area (Å²) < 4.78 is 0. The van der Waals surface area contributed by atoms with Crippen molar-refractivity contribution in [1.82, 2.24) is 16.0 Å². The summed E-state index contributed by atoms with van der Waals surface area (Å²) in [7, 11) is 0. The van der Waals surface area contributed by atoms with Gasteiger partial charge < -0.3 is 42.1 Å². The van der Waals surface area contributed by atoms with Crippen molar-refractivity contribution in [2.45, 2.75) is 43.4 Å². The SMILES string of the molecule is NC(Cc1ccc(O)cc1)C(=O)NC(Cc1ccc(O)cc1)C(=O)NC(CS)C(=O)NC(Cc1ccc(O)cc1)C(=O)O. The molecule has 0 spiro atoms. The number of nitrogens with two attached hydrogens (primary N) is 1. The molecule has 12 nitrogen and oxygen atoms in total. The van der Waals surface area contributed by atoms with E-state index in [0.717, 1.165) is 0 Å². The van der Waals surface area contributed by atoms with E-state index in [1.807, 2.05) is 0 Å². The number of amides is 3. The Hall–Kier alpha value is -4.75. The third kappa shape index (κ3) is 10.2. The van der Waals surface area contributed by atoms with Crippen molar-refractivity contribution < 1.29 is 39.6 Å². The summed E-state index contributed by atoms with van der Waals surface area (Å²) in [4.78, 5) is 51.2. The number of rotatable bonds is 14. The van der Waals surface area contributed by atoms with Gasteiger partial charge in [-0.2, -0.15) is 12.6 Å². The van der Waals surface area contributed by atoms with Crippen LogP contribution >= 0.6 is 12.6 Å². The van der Waals surface area contributed by atoms with Gasteiger partial charge in [0.05, 0.1) is 6.04 Å². The highest BCUT2D eigenvalue weighted by Crippen LogP contribution is 2.14. The highest BCUT2D eigenvalue weighted by atomic mass is 32.1. The maximum absolute atomic E-state index is 13.4. The monoisotopic (exact) mass is 610 g/mol. The van der Waals surface area contributed by atoms with Crippen LogP contribution in [0.3, 0.4) is 0 Å². The minimum Gasteiger partial charge on any atom is -0.508 e. The normalized spacial score (nSPS) is 13.6. The highest BCUT2D eigenvalue weighted by Gasteiger charge is 2.30. The van der Waals surface area contributed by atoms with Gasteiger partial charge in [-0.3, -0.25) is 14.4 Å². The van der Waals surface area contributed by atoms with Crippen LogP contribution in [0.15, 0.2) is 72.8 Å². The zero-order valence-corrected chi connectivity index (χ0v) is 23.9. The molecule has 0 aliphatic heterocycles. The first-order valence-electron chi connectivity index (χ1n) is 13.3. The van der Waals surface area contributed by atoms with Crippen LogP contribution in [-0.2, 0) is 38.4 Å². The minimum atomic E-state index is -1.33. The zero-order chi connectivity index (χ0) is 31.5. The number of phenols is 3. The molecule has 0 heterocycles. The average Bonchev–Trinajstić information content (AvgIpc) is 2.98. The fourth-order valence-corrected chi connectivity index (χ4v) is 4.40. The van der Waals surface area contributed by atoms with Crippen molar-refractivity contribution in [2.75, 3.05) is 5.75 Å². The van der Waals surface area contributed by atoms with E-state index in [2.05, 4.69) is 28.6 Å². The van der Waals surface area contributed by atoms with Gasteiger partial charge in [0.1, 0.15) is 35.4 Å². The Morgan fingerprint density at radius 2 is 0.930 bits per heavy atom. The zero-order valence-electron chi connectivity index (χ0n) is 23.0. The summed E-state index contributed by atoms with van der Waals surface area (Å²) in [6.07, 6.45) is 0.0370. The van der Waals surface area contributed by atoms with Crippen LogP contribution < -0.4 is 21.7 Å². The minimum absolute atomic E-state index is 0.00719. The van der Waals surface area contributed by atoms with Crippen molar-refractivity contribution in [2.24, 2.45) is 5.73 Å². The quantitative estimate of drug-likeness (QED) is 0.117. The lowest BCUT2D eigenvalue weighted by Gasteiger charge is -2.25. The molecule has 4 atom stereocenters. The average molecular weight is 611 g/mol. The molecule has 3 rings (SSSR count). The van der Waals surface area contributed by atoms with Crippen LogP contribution in [-0.4, -0.2) is 74.0 Å². The van der Waals surface area contributed by atoms with Gasteiger partial charge in [0.25, 0.3) is 0 Å². The van der Waals surface area contributed by atoms with Crippen molar-refractivity contribution in [1.29, 1.82) is 0 Å². The molecule has 0 bridgehead atoms. The first-order valence-corrected chi connectivity index (χ1v) is 13.9. The molecule has 3 amide bonds. The molecule has 0 aliphatic rings. The Morgan fingerprint density at radius 3 is 1.35 bits per heavy atom. The maximum atomic E-state index is 13.4. The number of nitrogens with one attached hydrogen (secondary N) is 3. The van der Waals surface area contributed by atoms with Gasteiger partial charge in [0.2, 0.25) is 17.7 Å². The molecule has 0 radical (unpaired) electrons. The van der Waals surface area contributed by atoms with E-state index in [9.17, 15) is 39.6 Å². The molecule has 0 saturated heterocycles. The molecule has 0 aromatic heterocycles. The number of benzene rings is 3. The van der Waals surface area contributed by atoms with Gasteiger partial charge in [-0.15, -0.1) is 0 Å². The van der Waals surface area contributed by atoms with Gasteiger partial charge in [-0.05, 0) is 59.5 Å². The molecule has 0 aliphatic carbocycles. The van der Waals surface area contributed by atoms with E-state index < -0.39 is 47.9 Å². The van der Waals surface area contributed by atoms with Gasteiger partial charge >= 0.3 is 5.97 Å². The van der Waals surface area contributed by atoms with Crippen LogP contribution in [0, 0.1) is 0 Å². The molecule has 0 fully saturated rings. The molecule has 9 N–H and O–H groups in total. The molecule has 43 heavy (non-hydrogen) atoms. The Balaban J connectivity index is 1.71. The molecule has 3 aromatic rings. The van der Waals surface area contributed by atoms with Crippen molar-refractivity contribution in [3.05, 3.63) is 89.5 Å². The van der Waals surface area contributed by atoms with Crippen LogP contribution in [0.1, 0.15) is 16.7 Å². The number of hydrogen-bond donors (Lipinski definition) is 9. The van der Waals surface area contributed by atoms with E-state index in [1.54, 1.807) is 24.3 Å². The smallest absolute Gasteiger partial charge is 0.326 e. The van der Waals surface area contributed by atoms with E-state index in [-0.39, 0.29) is 42.3 Å². The van der Waals surface area contributed by atoms with Crippen molar-refractivity contribution in [3.8, 4) is 17.2 Å². The summed E-state index contributed by atoms with van der Waals surface area (Å²) >= 11 is 4.15. The Bertz CT molecular complexity index is 1400. The van der Waals surface area contributed by atoms with Gasteiger partial charge in [0, 0.05) is 18.6 Å². The predicted octanol–water partition coefficient (Wildman–Crippen LogP) is 0.627. The topological polar surface area (TPSA) is 211 Å². The summed E-state index contributed by atoms with van der Waals surface area (Å²) in [6, 6.07) is 13.2. The van der Waals surface area contributed by atoms with Crippen LogP contribution in [0.5, 0.6) is 17.2 Å². The Labute approximate surface area is 253 Å². The standard InChI is InChI=1S/C30H34N4O8S/c31-23(13-17-1-7-20(35)8-2-17)27(38)32-24(14-18-3-9-21(36)10-4-18)28(39)34-26(16-43)29(40)33-25(30(41)42)15-19-5-11-22(37)12-6-19/h1-12,23-26,35-37,43H,13-16,31H2,(H,32,38)(H,33,40)(H,34,39)(H,41,42). The van der Waals surface area contributed by atoms with Crippen molar-refractivity contribution >= 4 is 36.3 Å². The Morgan fingerprint density at radius 1 is 0.581 bits per heavy atom. The second-order valence-corrected chi connectivity index (χ2v) is 10.3. The largest absolute Gasteiger partial charge is 0.508 e. The predicted molar refractivity (Wildman–Crippen MR) is 161 cm³/mol. The Kier molecular flexibility index (Phi) is 11.8. The summed E-state index contributed by atoms with van der Waals surface area (Å²) in [6.45, 7) is 0. The van der Waals surface area contributed by atoms with Gasteiger partial charge in [-0.1, -0.05) is 36.4 Å². The van der Waals surface area contributed by atoms with Crippen LogP contribution in [0.2, 0.25) is 0 Å². The number of carboxylic acid groups (broad SMARTS) is 1. The van der Waals surface area contributed by atoms with E-state index in [4.69, 9.17) is 5.73 Å². The molecule has 228 valence electrons. The number of phenolic OH excluding ortho intramolecular Hbond substituents is 3. The number of aromatic hydroxyl groups is 3. The van der Waals surface area contributed by atoms with Gasteiger partial charge in [0.15, 0.2) is 0 Å². The van der Waals surface area contributed by atoms with E-state index >= 15 is 0 Å². The summed E-state index contributed by atoms with van der Waals surface area (Å²) in [5, 5.41) is 45.8. The third-order valence-electron chi connectivity index (χ3n) is 6.54. The number of hydrogen-bond acceptors (Lipinski definition) is 9. The molecule has 4 unspecified atom stereocenters. The number of thiol groups is 1. The number of carbonyl (C=O) groups excluding carboxylic acids is 3. The first-order chi connectivity index (χ1) is 20.4. The van der Waals surface area contributed by atoms with Crippen molar-refractivity contribution in [3.63, 3.8) is 0 Å². The molecule has 13 heteroatoms. The lowest BCUT2D eigenvalue weighted by atomic mass is 10.0. The summed E-state index contributed by atoms with van der Waals surface area (Å²) in [5.41, 5.74) is 7.93. The fourth-order valence-electron chi connectivity index (χ4n) is 4.14. The van der Waals surface area contributed by atoms with Gasteiger partial charge in [-0.25, -0.2) is 4.79 Å². The third-order valence-corrected chi connectivity index (χ3v) is 6.91. The van der Waals surface area contributed by atoms with Crippen LogP contribution in [0.4, 0.5) is 0 Å². The maximum Gasteiger partial charge on any atom is 0.326 e. The highest BCUT2D eigenvalue weighted by molar-refractivity contribution is 7.80. The fraction of sp³-hybridized carbons (Fsp3) is 0.267. The first kappa shape index (κ1) is 32.8. The number of carboxylic acids is 1. The lowest BCUT2D eigenvalue weighted by Crippen LogP contribution is -2.58. The second-order valence-electron chi connectivity index (χ2n) is 9.92. The van der Waals surface area contributed by atoms with Crippen LogP contribution in [0.25, 0.3) is 0 Å². The number of aliphatic carboxylic acids is 1. The molecule has 0 saturated carbocycles. The lowest BCUT2D eigenvalue weighted by molar-refractivity contribution is -0.142. The molecular weight excluding hydrogens is 576 g/mol. The second kappa shape index (κ2) is 15.5. The summed E-state index contributed by atoms with van der Waals surface area (Å²) in [5.74, 6) is -3.57. The molecular formula is C30H34N4O8S. The van der Waals surface area contributed by atoms with E-state index in [0.29, 0.717) is 16.7 Å². The van der Waals surface area contributed by atoms with E-state index in [1.165, 1.54) is 48.5 Å². The number of carbonyl (C=O) groups is 4. The molecule has 3 aromatic carbocycles.